The van der Waals surface area contributed by atoms with E-state index in [4.69, 9.17) is 4.74 Å². The molecule has 0 bridgehead atoms. The first-order valence-corrected chi connectivity index (χ1v) is 8.82. The van der Waals surface area contributed by atoms with E-state index in [2.05, 4.69) is 60.1 Å². The highest BCUT2D eigenvalue weighted by Gasteiger charge is 2.13. The van der Waals surface area contributed by atoms with Gasteiger partial charge in [0.1, 0.15) is 5.75 Å². The maximum Gasteiger partial charge on any atom is 0.137 e. The number of piperazine rings is 1. The van der Waals surface area contributed by atoms with Crippen molar-refractivity contribution in [1.82, 2.24) is 15.1 Å². The summed E-state index contributed by atoms with van der Waals surface area (Å²) in [6.07, 6.45) is 0. The number of rotatable bonds is 6. The van der Waals surface area contributed by atoms with Crippen LogP contribution in [0.3, 0.4) is 0 Å². The Kier molecular flexibility index (Phi) is 6.95. The third-order valence-electron chi connectivity index (χ3n) is 3.81. The van der Waals surface area contributed by atoms with E-state index in [-0.39, 0.29) is 0 Å². The molecule has 0 spiro atoms. The summed E-state index contributed by atoms with van der Waals surface area (Å²) >= 11 is 7.07. The average molecular weight is 421 g/mol. The molecule has 6 heteroatoms. The monoisotopic (exact) mass is 419 g/mol. The van der Waals surface area contributed by atoms with Crippen molar-refractivity contribution in [2.24, 2.45) is 0 Å². The Hall–Kier alpha value is -0.140. The molecule has 2 rings (SSSR count). The number of halogens is 2. The molecule has 1 heterocycles. The van der Waals surface area contributed by atoms with Crippen LogP contribution < -0.4 is 10.1 Å². The van der Waals surface area contributed by atoms with Gasteiger partial charge in [-0.3, -0.25) is 4.90 Å². The Balaban J connectivity index is 1.78. The normalized spacial score (nSPS) is 17.1. The van der Waals surface area contributed by atoms with Crippen molar-refractivity contribution in [3.8, 4) is 5.75 Å². The Morgan fingerprint density at radius 2 is 1.90 bits per heavy atom. The van der Waals surface area contributed by atoms with E-state index in [1.807, 2.05) is 6.07 Å². The maximum absolute atomic E-state index is 5.47. The number of methoxy groups -OCH3 is 1. The second-order valence-electron chi connectivity index (χ2n) is 5.40. The number of hydrogen-bond donors (Lipinski definition) is 1. The lowest BCUT2D eigenvalue weighted by Crippen LogP contribution is -2.46. The van der Waals surface area contributed by atoms with Gasteiger partial charge in [0.05, 0.1) is 11.6 Å². The summed E-state index contributed by atoms with van der Waals surface area (Å²) < 4.78 is 7.51. The van der Waals surface area contributed by atoms with E-state index in [0.717, 1.165) is 39.9 Å². The largest absolute Gasteiger partial charge is 0.495 e. The van der Waals surface area contributed by atoms with Crippen molar-refractivity contribution in [3.63, 3.8) is 0 Å². The summed E-state index contributed by atoms with van der Waals surface area (Å²) in [5.74, 6) is 0.908. The summed E-state index contributed by atoms with van der Waals surface area (Å²) in [6.45, 7) is 7.60. The van der Waals surface area contributed by atoms with E-state index in [1.54, 1.807) is 7.11 Å². The molecule has 1 aromatic rings. The third-order valence-corrected chi connectivity index (χ3v) is 4.85. The van der Waals surface area contributed by atoms with Crippen LogP contribution in [0.15, 0.2) is 21.1 Å². The minimum Gasteiger partial charge on any atom is -0.495 e. The number of hydrogen-bond acceptors (Lipinski definition) is 4. The molecule has 0 atom stereocenters. The fraction of sp³-hybridized carbons (Fsp3) is 0.600. The van der Waals surface area contributed by atoms with Crippen molar-refractivity contribution in [2.75, 3.05) is 53.4 Å². The van der Waals surface area contributed by atoms with Crippen LogP contribution >= 0.6 is 31.9 Å². The van der Waals surface area contributed by atoms with Crippen LogP contribution in [0.2, 0.25) is 0 Å². The maximum atomic E-state index is 5.47. The smallest absolute Gasteiger partial charge is 0.137 e. The SMILES string of the molecule is COc1c(Br)cc(Br)cc1CNCCN1CCN(C)CC1. The van der Waals surface area contributed by atoms with Crippen LogP contribution in [0.5, 0.6) is 5.75 Å². The minimum atomic E-state index is 0.814. The Labute approximate surface area is 144 Å². The van der Waals surface area contributed by atoms with Gasteiger partial charge in [0.25, 0.3) is 0 Å². The third kappa shape index (κ3) is 5.21. The van der Waals surface area contributed by atoms with Crippen LogP contribution in [0.4, 0.5) is 0 Å². The van der Waals surface area contributed by atoms with Gasteiger partial charge in [0.15, 0.2) is 0 Å². The zero-order chi connectivity index (χ0) is 15.2. The van der Waals surface area contributed by atoms with E-state index >= 15 is 0 Å². The number of ether oxygens (including phenoxy) is 1. The van der Waals surface area contributed by atoms with Crippen LogP contribution in [0.1, 0.15) is 5.56 Å². The zero-order valence-electron chi connectivity index (χ0n) is 12.7. The van der Waals surface area contributed by atoms with E-state index < -0.39 is 0 Å². The van der Waals surface area contributed by atoms with Crippen molar-refractivity contribution < 1.29 is 4.74 Å². The minimum absolute atomic E-state index is 0.814. The molecule has 0 unspecified atom stereocenters. The lowest BCUT2D eigenvalue weighted by atomic mass is 10.2. The van der Waals surface area contributed by atoms with Gasteiger partial charge < -0.3 is 15.0 Å². The van der Waals surface area contributed by atoms with Gasteiger partial charge in [-0.25, -0.2) is 0 Å². The average Bonchev–Trinajstić information content (AvgIpc) is 2.45. The highest BCUT2D eigenvalue weighted by atomic mass is 79.9. The zero-order valence-corrected chi connectivity index (χ0v) is 15.8. The highest BCUT2D eigenvalue weighted by Crippen LogP contribution is 2.32. The summed E-state index contributed by atoms with van der Waals surface area (Å²) in [5, 5.41) is 3.51. The van der Waals surface area contributed by atoms with E-state index in [1.165, 1.54) is 26.2 Å². The molecule has 0 amide bonds. The molecule has 0 aliphatic carbocycles. The quantitative estimate of drug-likeness (QED) is 0.715. The second kappa shape index (κ2) is 8.48. The van der Waals surface area contributed by atoms with Gasteiger partial charge in [-0.1, -0.05) is 15.9 Å². The lowest BCUT2D eigenvalue weighted by molar-refractivity contribution is 0.154. The Bertz CT molecular complexity index is 462. The lowest BCUT2D eigenvalue weighted by Gasteiger charge is -2.32. The standard InChI is InChI=1S/C15H23Br2N3O/c1-19-5-7-20(8-6-19)4-3-18-11-12-9-13(16)10-14(17)15(12)21-2/h9-10,18H,3-8,11H2,1-2H3. The number of nitrogens with zero attached hydrogens (tertiary/aromatic N) is 2. The molecule has 0 radical (unpaired) electrons. The molecule has 118 valence electrons. The molecule has 1 saturated heterocycles. The molecule has 1 aliphatic rings. The molecule has 0 saturated carbocycles. The van der Waals surface area contributed by atoms with Crippen LogP contribution in [-0.2, 0) is 6.54 Å². The first-order chi connectivity index (χ1) is 10.1. The van der Waals surface area contributed by atoms with Gasteiger partial charge in [-0.2, -0.15) is 0 Å². The van der Waals surface area contributed by atoms with Crippen molar-refractivity contribution >= 4 is 31.9 Å². The fourth-order valence-electron chi connectivity index (χ4n) is 2.51. The van der Waals surface area contributed by atoms with Crippen LogP contribution in [0, 0.1) is 0 Å². The molecule has 1 aliphatic heterocycles. The van der Waals surface area contributed by atoms with Crippen LogP contribution in [0.25, 0.3) is 0 Å². The molecule has 4 nitrogen and oxygen atoms in total. The summed E-state index contributed by atoms with van der Waals surface area (Å²) in [6, 6.07) is 4.11. The Morgan fingerprint density at radius 3 is 2.57 bits per heavy atom. The van der Waals surface area contributed by atoms with Crippen molar-refractivity contribution in [3.05, 3.63) is 26.6 Å². The Morgan fingerprint density at radius 1 is 1.19 bits per heavy atom. The first kappa shape index (κ1) is 17.2. The molecular weight excluding hydrogens is 398 g/mol. The number of likely N-dealkylation sites (N-methyl/N-ethyl adjacent to an activating group) is 1. The van der Waals surface area contributed by atoms with Gasteiger partial charge in [0.2, 0.25) is 0 Å². The first-order valence-electron chi connectivity index (χ1n) is 7.23. The molecule has 21 heavy (non-hydrogen) atoms. The fourth-order valence-corrected chi connectivity index (χ4v) is 3.98. The highest BCUT2D eigenvalue weighted by molar-refractivity contribution is 9.11. The predicted octanol–water partition coefficient (Wildman–Crippen LogP) is 2.56. The van der Waals surface area contributed by atoms with E-state index in [9.17, 15) is 0 Å². The number of benzene rings is 1. The molecule has 1 aromatic carbocycles. The second-order valence-corrected chi connectivity index (χ2v) is 7.17. The van der Waals surface area contributed by atoms with Gasteiger partial charge in [-0.15, -0.1) is 0 Å². The molecular formula is C15H23Br2N3O. The van der Waals surface area contributed by atoms with Gasteiger partial charge >= 0.3 is 0 Å². The summed E-state index contributed by atoms with van der Waals surface area (Å²) in [7, 11) is 3.90. The van der Waals surface area contributed by atoms with E-state index in [0.29, 0.717) is 0 Å². The summed E-state index contributed by atoms with van der Waals surface area (Å²) in [4.78, 5) is 4.90. The predicted molar refractivity (Wildman–Crippen MR) is 94.0 cm³/mol. The van der Waals surface area contributed by atoms with Crippen molar-refractivity contribution in [1.29, 1.82) is 0 Å². The van der Waals surface area contributed by atoms with Crippen LogP contribution in [-0.4, -0.2) is 63.2 Å². The van der Waals surface area contributed by atoms with Crippen molar-refractivity contribution in [2.45, 2.75) is 6.54 Å². The van der Waals surface area contributed by atoms with Gasteiger partial charge in [0, 0.05) is 55.8 Å². The molecule has 1 fully saturated rings. The molecule has 1 N–H and O–H groups in total. The molecule has 0 aromatic heterocycles. The summed E-state index contributed by atoms with van der Waals surface area (Å²) in [5.41, 5.74) is 1.16. The number of nitrogens with one attached hydrogen (secondary N) is 1. The topological polar surface area (TPSA) is 27.7 Å². The van der Waals surface area contributed by atoms with Gasteiger partial charge in [-0.05, 0) is 35.1 Å².